The highest BCUT2D eigenvalue weighted by Crippen LogP contribution is 2.38. The number of hydrogen-bond donors (Lipinski definition) is 0. The first kappa shape index (κ1) is 16.4. The van der Waals surface area contributed by atoms with Crippen molar-refractivity contribution in [3.05, 3.63) is 71.1 Å². The van der Waals surface area contributed by atoms with E-state index in [0.717, 1.165) is 32.0 Å². The van der Waals surface area contributed by atoms with Crippen LogP contribution >= 0.6 is 11.3 Å². The van der Waals surface area contributed by atoms with E-state index in [-0.39, 0.29) is 5.63 Å². The molecule has 0 bridgehead atoms. The predicted molar refractivity (Wildman–Crippen MR) is 104 cm³/mol. The maximum absolute atomic E-state index is 12.0. The number of ether oxygens (including phenoxy) is 2. The minimum atomic E-state index is -0.378. The van der Waals surface area contributed by atoms with Crippen molar-refractivity contribution < 1.29 is 13.9 Å². The highest BCUT2D eigenvalue weighted by molar-refractivity contribution is 7.18. The molecule has 0 radical (unpaired) electrons. The van der Waals surface area contributed by atoms with Gasteiger partial charge in [-0.2, -0.15) is 0 Å². The third kappa shape index (κ3) is 2.97. The molecule has 4 rings (SSSR count). The molecule has 2 aromatic carbocycles. The fourth-order valence-corrected chi connectivity index (χ4v) is 3.92. The highest BCUT2D eigenvalue weighted by Gasteiger charge is 2.12. The van der Waals surface area contributed by atoms with Crippen LogP contribution in [-0.4, -0.2) is 14.2 Å². The van der Waals surface area contributed by atoms with Gasteiger partial charge in [0, 0.05) is 32.8 Å². The summed E-state index contributed by atoms with van der Waals surface area (Å²) in [6, 6.07) is 19.1. The second-order valence-electron chi connectivity index (χ2n) is 5.74. The molecule has 0 N–H and O–H groups in total. The summed E-state index contributed by atoms with van der Waals surface area (Å²) >= 11 is 1.62. The van der Waals surface area contributed by atoms with Crippen LogP contribution in [-0.2, 0) is 0 Å². The zero-order chi connectivity index (χ0) is 18.1. The summed E-state index contributed by atoms with van der Waals surface area (Å²) in [5, 5.41) is 0.879. The Kier molecular flexibility index (Phi) is 4.22. The second-order valence-corrected chi connectivity index (χ2v) is 6.82. The van der Waals surface area contributed by atoms with E-state index in [2.05, 4.69) is 6.07 Å². The minimum absolute atomic E-state index is 0.378. The molecule has 2 aromatic heterocycles. The molecule has 0 atom stereocenters. The first-order chi connectivity index (χ1) is 12.7. The van der Waals surface area contributed by atoms with Crippen LogP contribution in [0.25, 0.3) is 31.9 Å². The van der Waals surface area contributed by atoms with Gasteiger partial charge in [0.25, 0.3) is 0 Å². The lowest BCUT2D eigenvalue weighted by atomic mass is 10.1. The molecule has 0 aliphatic rings. The normalized spacial score (nSPS) is 10.8. The molecule has 4 nitrogen and oxygen atoms in total. The molecular formula is C21H16O4S. The van der Waals surface area contributed by atoms with Crippen molar-refractivity contribution in [3.8, 4) is 32.4 Å². The maximum Gasteiger partial charge on any atom is 0.336 e. The minimum Gasteiger partial charge on any atom is -0.497 e. The lowest BCUT2D eigenvalue weighted by Crippen LogP contribution is -1.97. The Bertz CT molecular complexity index is 1140. The summed E-state index contributed by atoms with van der Waals surface area (Å²) in [6.45, 7) is 0. The summed E-state index contributed by atoms with van der Waals surface area (Å²) < 4.78 is 15.9. The van der Waals surface area contributed by atoms with Crippen LogP contribution in [0.4, 0.5) is 0 Å². The smallest absolute Gasteiger partial charge is 0.336 e. The monoisotopic (exact) mass is 364 g/mol. The number of benzene rings is 2. The van der Waals surface area contributed by atoms with Gasteiger partial charge in [0.2, 0.25) is 0 Å². The molecule has 0 spiro atoms. The van der Waals surface area contributed by atoms with Crippen LogP contribution in [0.2, 0.25) is 0 Å². The highest BCUT2D eigenvalue weighted by atomic mass is 32.1. The Hall–Kier alpha value is -3.05. The van der Waals surface area contributed by atoms with Crippen LogP contribution in [0.1, 0.15) is 0 Å². The SMILES string of the molecule is COc1cccc(-c2ccc(-c3cc(=O)oc4cc(OC)ccc34)s2)c1. The molecule has 0 aliphatic carbocycles. The van der Waals surface area contributed by atoms with Gasteiger partial charge in [0.1, 0.15) is 17.1 Å². The number of methoxy groups -OCH3 is 2. The van der Waals surface area contributed by atoms with Crippen molar-refractivity contribution in [1.29, 1.82) is 0 Å². The van der Waals surface area contributed by atoms with E-state index >= 15 is 0 Å². The summed E-state index contributed by atoms with van der Waals surface area (Å²) in [6.07, 6.45) is 0. The lowest BCUT2D eigenvalue weighted by Gasteiger charge is -2.05. The molecule has 0 saturated heterocycles. The first-order valence-electron chi connectivity index (χ1n) is 8.04. The van der Waals surface area contributed by atoms with Gasteiger partial charge in [0.05, 0.1) is 14.2 Å². The Morgan fingerprint density at radius 1 is 0.846 bits per heavy atom. The zero-order valence-electron chi connectivity index (χ0n) is 14.3. The molecule has 130 valence electrons. The molecular weight excluding hydrogens is 348 g/mol. The van der Waals surface area contributed by atoms with Gasteiger partial charge >= 0.3 is 5.63 Å². The molecule has 2 heterocycles. The van der Waals surface area contributed by atoms with E-state index in [1.165, 1.54) is 6.07 Å². The molecule has 0 saturated carbocycles. The molecule has 0 amide bonds. The van der Waals surface area contributed by atoms with Gasteiger partial charge in [-0.05, 0) is 42.0 Å². The number of hydrogen-bond acceptors (Lipinski definition) is 5. The summed E-state index contributed by atoms with van der Waals surface area (Å²) in [5.74, 6) is 1.47. The van der Waals surface area contributed by atoms with Crippen molar-refractivity contribution >= 4 is 22.3 Å². The predicted octanol–water partition coefficient (Wildman–Crippen LogP) is 5.21. The van der Waals surface area contributed by atoms with Gasteiger partial charge < -0.3 is 13.9 Å². The average Bonchev–Trinajstić information content (AvgIpc) is 3.17. The fourth-order valence-electron chi connectivity index (χ4n) is 2.89. The first-order valence-corrected chi connectivity index (χ1v) is 8.86. The van der Waals surface area contributed by atoms with Crippen LogP contribution in [0.3, 0.4) is 0 Å². The summed E-state index contributed by atoms with van der Waals surface area (Å²) in [4.78, 5) is 14.1. The van der Waals surface area contributed by atoms with Gasteiger partial charge in [-0.15, -0.1) is 11.3 Å². The van der Waals surface area contributed by atoms with Gasteiger partial charge in [-0.1, -0.05) is 12.1 Å². The van der Waals surface area contributed by atoms with Crippen LogP contribution in [0.15, 0.2) is 69.9 Å². The Balaban J connectivity index is 1.83. The van der Waals surface area contributed by atoms with Crippen molar-refractivity contribution in [2.75, 3.05) is 14.2 Å². The Morgan fingerprint density at radius 2 is 1.62 bits per heavy atom. The molecule has 0 unspecified atom stereocenters. The number of rotatable bonds is 4. The summed E-state index contributed by atoms with van der Waals surface area (Å²) in [5.41, 5.74) is 2.08. The molecule has 4 aromatic rings. The van der Waals surface area contributed by atoms with Crippen LogP contribution in [0, 0.1) is 0 Å². The van der Waals surface area contributed by atoms with Crippen molar-refractivity contribution in [2.24, 2.45) is 0 Å². The molecule has 26 heavy (non-hydrogen) atoms. The van der Waals surface area contributed by atoms with E-state index in [4.69, 9.17) is 13.9 Å². The van der Waals surface area contributed by atoms with Crippen molar-refractivity contribution in [1.82, 2.24) is 0 Å². The Labute approximate surface area is 154 Å². The van der Waals surface area contributed by atoms with Gasteiger partial charge in [-0.25, -0.2) is 4.79 Å². The maximum atomic E-state index is 12.0. The second kappa shape index (κ2) is 6.69. The quantitative estimate of drug-likeness (QED) is 0.467. The van der Waals surface area contributed by atoms with E-state index in [0.29, 0.717) is 11.3 Å². The lowest BCUT2D eigenvalue weighted by molar-refractivity contribution is 0.414. The third-order valence-electron chi connectivity index (χ3n) is 4.18. The molecule has 5 heteroatoms. The van der Waals surface area contributed by atoms with Gasteiger partial charge in [-0.3, -0.25) is 0 Å². The van der Waals surface area contributed by atoms with E-state index in [1.807, 2.05) is 42.5 Å². The number of fused-ring (bicyclic) bond motifs is 1. The fraction of sp³-hybridized carbons (Fsp3) is 0.0952. The van der Waals surface area contributed by atoms with E-state index in [9.17, 15) is 4.79 Å². The largest absolute Gasteiger partial charge is 0.497 e. The third-order valence-corrected chi connectivity index (χ3v) is 5.35. The van der Waals surface area contributed by atoms with Crippen LogP contribution in [0.5, 0.6) is 11.5 Å². The zero-order valence-corrected chi connectivity index (χ0v) is 15.1. The van der Waals surface area contributed by atoms with Crippen LogP contribution < -0.4 is 15.1 Å². The number of thiophene rings is 1. The Morgan fingerprint density at radius 3 is 2.42 bits per heavy atom. The molecule has 0 fully saturated rings. The van der Waals surface area contributed by atoms with E-state index in [1.54, 1.807) is 31.6 Å². The van der Waals surface area contributed by atoms with E-state index < -0.39 is 0 Å². The standard InChI is InChI=1S/C21H16O4S/c1-23-14-5-3-4-13(10-14)19-8-9-20(26-19)17-12-21(22)25-18-11-15(24-2)6-7-16(17)18/h3-12H,1-2H3. The van der Waals surface area contributed by atoms with Crippen molar-refractivity contribution in [2.45, 2.75) is 0 Å². The van der Waals surface area contributed by atoms with Crippen molar-refractivity contribution in [3.63, 3.8) is 0 Å². The van der Waals surface area contributed by atoms with Gasteiger partial charge in [0.15, 0.2) is 0 Å². The summed E-state index contributed by atoms with van der Waals surface area (Å²) in [7, 11) is 3.24. The average molecular weight is 364 g/mol. The topological polar surface area (TPSA) is 48.7 Å². The molecule has 0 aliphatic heterocycles.